The number of benzene rings is 1. The Kier molecular flexibility index (Phi) is 5.88. The summed E-state index contributed by atoms with van der Waals surface area (Å²) in [5, 5.41) is 3.77. The first-order valence-electron chi connectivity index (χ1n) is 10.2. The molecule has 1 saturated heterocycles. The van der Waals surface area contributed by atoms with E-state index < -0.39 is 10.0 Å². The zero-order valence-corrected chi connectivity index (χ0v) is 18.5. The van der Waals surface area contributed by atoms with Gasteiger partial charge in [0.15, 0.2) is 0 Å². The van der Waals surface area contributed by atoms with Crippen LogP contribution in [-0.4, -0.2) is 49.5 Å². The molecule has 1 atom stereocenters. The Bertz CT molecular complexity index is 1040. The van der Waals surface area contributed by atoms with Gasteiger partial charge in [0.25, 0.3) is 5.91 Å². The van der Waals surface area contributed by atoms with Crippen molar-refractivity contribution in [3.05, 3.63) is 64.4 Å². The van der Waals surface area contributed by atoms with E-state index >= 15 is 0 Å². The summed E-state index contributed by atoms with van der Waals surface area (Å²) in [6.45, 7) is 1.55. The standard InChI is InChI=1S/C22H26ClN3O3S/c1-30(28,29)26-12-4-5-17(14-26)20-9-8-16(13-24-20)21(27)25-15-22(10-11-22)18-6-2-3-7-19(18)23/h2-3,6-9,13,17H,4-5,10-12,14-15H2,1H3,(H,25,27)/t17-/m1/s1. The highest BCUT2D eigenvalue weighted by atomic mass is 35.5. The summed E-state index contributed by atoms with van der Waals surface area (Å²) in [5.41, 5.74) is 2.35. The molecule has 0 bridgehead atoms. The first kappa shape index (κ1) is 21.3. The van der Waals surface area contributed by atoms with Crippen molar-refractivity contribution >= 4 is 27.5 Å². The van der Waals surface area contributed by atoms with Gasteiger partial charge in [-0.2, -0.15) is 0 Å². The number of nitrogens with zero attached hydrogens (tertiary/aromatic N) is 2. The third-order valence-corrected chi connectivity index (χ3v) is 7.81. The number of piperidine rings is 1. The normalized spacial score (nSPS) is 21.2. The Balaban J connectivity index is 1.38. The number of hydrogen-bond donors (Lipinski definition) is 1. The maximum absolute atomic E-state index is 12.6. The molecule has 2 aliphatic rings. The molecule has 1 saturated carbocycles. The highest BCUT2D eigenvalue weighted by molar-refractivity contribution is 7.88. The first-order valence-corrected chi connectivity index (χ1v) is 12.5. The minimum absolute atomic E-state index is 0.0561. The lowest BCUT2D eigenvalue weighted by molar-refractivity contribution is 0.0949. The van der Waals surface area contributed by atoms with Crippen LogP contribution in [0.15, 0.2) is 42.6 Å². The smallest absolute Gasteiger partial charge is 0.252 e. The summed E-state index contributed by atoms with van der Waals surface area (Å²) in [6, 6.07) is 11.4. The second kappa shape index (κ2) is 8.29. The van der Waals surface area contributed by atoms with Gasteiger partial charge in [-0.05, 0) is 49.4 Å². The molecule has 4 rings (SSSR count). The molecule has 6 nitrogen and oxygen atoms in total. The molecule has 2 heterocycles. The van der Waals surface area contributed by atoms with Gasteiger partial charge in [-0.3, -0.25) is 9.78 Å². The van der Waals surface area contributed by atoms with Crippen molar-refractivity contribution in [2.45, 2.75) is 37.0 Å². The van der Waals surface area contributed by atoms with Crippen LogP contribution in [0, 0.1) is 0 Å². The van der Waals surface area contributed by atoms with Crippen LogP contribution in [0.25, 0.3) is 0 Å². The second-order valence-corrected chi connectivity index (χ2v) is 10.8. The van der Waals surface area contributed by atoms with E-state index in [0.717, 1.165) is 42.0 Å². The Labute approximate surface area is 182 Å². The summed E-state index contributed by atoms with van der Waals surface area (Å²) in [6.07, 6.45) is 6.54. The Morgan fingerprint density at radius 3 is 2.67 bits per heavy atom. The number of amides is 1. The van der Waals surface area contributed by atoms with Crippen LogP contribution < -0.4 is 5.32 Å². The van der Waals surface area contributed by atoms with Crippen LogP contribution in [0.3, 0.4) is 0 Å². The van der Waals surface area contributed by atoms with E-state index in [9.17, 15) is 13.2 Å². The fourth-order valence-electron chi connectivity index (χ4n) is 4.20. The van der Waals surface area contributed by atoms with Crippen molar-refractivity contribution in [1.29, 1.82) is 0 Å². The Morgan fingerprint density at radius 1 is 1.27 bits per heavy atom. The predicted octanol–water partition coefficient (Wildman–Crippen LogP) is 3.34. The monoisotopic (exact) mass is 447 g/mol. The highest BCUT2D eigenvalue weighted by Crippen LogP contribution is 2.49. The summed E-state index contributed by atoms with van der Waals surface area (Å²) < 4.78 is 25.2. The van der Waals surface area contributed by atoms with Gasteiger partial charge in [-0.25, -0.2) is 12.7 Å². The predicted molar refractivity (Wildman–Crippen MR) is 117 cm³/mol. The highest BCUT2D eigenvalue weighted by Gasteiger charge is 2.45. The van der Waals surface area contributed by atoms with Crippen LogP contribution in [0.2, 0.25) is 5.02 Å². The van der Waals surface area contributed by atoms with Crippen LogP contribution >= 0.6 is 11.6 Å². The van der Waals surface area contributed by atoms with E-state index in [-0.39, 0.29) is 17.2 Å². The number of halogens is 1. The van der Waals surface area contributed by atoms with Gasteiger partial charge in [0.05, 0.1) is 11.8 Å². The zero-order valence-electron chi connectivity index (χ0n) is 17.0. The quantitative estimate of drug-likeness (QED) is 0.736. The van der Waals surface area contributed by atoms with Crippen molar-refractivity contribution in [2.24, 2.45) is 0 Å². The van der Waals surface area contributed by atoms with Gasteiger partial charge >= 0.3 is 0 Å². The van der Waals surface area contributed by atoms with Crippen LogP contribution in [0.1, 0.15) is 53.2 Å². The Hall–Kier alpha value is -1.96. The second-order valence-electron chi connectivity index (χ2n) is 8.37. The molecule has 2 fully saturated rings. The van der Waals surface area contributed by atoms with Crippen LogP contribution in [0.5, 0.6) is 0 Å². The molecule has 1 aliphatic carbocycles. The van der Waals surface area contributed by atoms with Crippen molar-refractivity contribution in [2.75, 3.05) is 25.9 Å². The van der Waals surface area contributed by atoms with Gasteiger partial charge in [-0.15, -0.1) is 0 Å². The molecule has 0 radical (unpaired) electrons. The summed E-state index contributed by atoms with van der Waals surface area (Å²) in [4.78, 5) is 17.1. The fraction of sp³-hybridized carbons (Fsp3) is 0.455. The van der Waals surface area contributed by atoms with E-state index in [1.165, 1.54) is 10.6 Å². The van der Waals surface area contributed by atoms with Crippen LogP contribution in [-0.2, 0) is 15.4 Å². The minimum Gasteiger partial charge on any atom is -0.351 e. The first-order chi connectivity index (χ1) is 14.3. The number of carbonyl (C=O) groups excluding carboxylic acids is 1. The van der Waals surface area contributed by atoms with Gasteiger partial charge in [0.1, 0.15) is 0 Å². The fourth-order valence-corrected chi connectivity index (χ4v) is 5.45. The number of aromatic nitrogens is 1. The third kappa shape index (κ3) is 4.53. The summed E-state index contributed by atoms with van der Waals surface area (Å²) >= 11 is 6.35. The number of pyridine rings is 1. The maximum Gasteiger partial charge on any atom is 0.252 e. The lowest BCUT2D eigenvalue weighted by atomic mass is 9.95. The van der Waals surface area contributed by atoms with E-state index in [4.69, 9.17) is 11.6 Å². The maximum atomic E-state index is 12.6. The molecule has 1 N–H and O–H groups in total. The Morgan fingerprint density at radius 2 is 2.03 bits per heavy atom. The molecule has 1 aromatic carbocycles. The van der Waals surface area contributed by atoms with E-state index in [0.29, 0.717) is 25.2 Å². The molecule has 1 aliphatic heterocycles. The summed E-state index contributed by atoms with van der Waals surface area (Å²) in [5.74, 6) is -0.102. The van der Waals surface area contributed by atoms with Gasteiger partial charge in [0.2, 0.25) is 10.0 Å². The van der Waals surface area contributed by atoms with Crippen molar-refractivity contribution in [3.63, 3.8) is 0 Å². The number of sulfonamides is 1. The molecule has 2 aromatic rings. The number of rotatable bonds is 6. The zero-order chi connectivity index (χ0) is 21.4. The average Bonchev–Trinajstić information content (AvgIpc) is 3.53. The number of carbonyl (C=O) groups is 1. The van der Waals surface area contributed by atoms with Gasteiger partial charge in [-0.1, -0.05) is 29.8 Å². The lowest BCUT2D eigenvalue weighted by Gasteiger charge is -2.30. The molecular formula is C22H26ClN3O3S. The molecule has 160 valence electrons. The topological polar surface area (TPSA) is 79.4 Å². The van der Waals surface area contributed by atoms with E-state index in [1.807, 2.05) is 30.3 Å². The third-order valence-electron chi connectivity index (χ3n) is 6.21. The molecule has 1 amide bonds. The van der Waals surface area contributed by atoms with E-state index in [2.05, 4.69) is 10.3 Å². The van der Waals surface area contributed by atoms with Crippen molar-refractivity contribution in [3.8, 4) is 0 Å². The van der Waals surface area contributed by atoms with Crippen molar-refractivity contribution in [1.82, 2.24) is 14.6 Å². The molecule has 8 heteroatoms. The molecular weight excluding hydrogens is 422 g/mol. The molecule has 0 unspecified atom stereocenters. The SMILES string of the molecule is CS(=O)(=O)N1CCC[C@@H](c2ccc(C(=O)NCC3(c4ccccc4Cl)CC3)cn2)C1. The molecule has 1 aromatic heterocycles. The van der Waals surface area contributed by atoms with Crippen LogP contribution in [0.4, 0.5) is 0 Å². The summed E-state index contributed by atoms with van der Waals surface area (Å²) in [7, 11) is -3.20. The van der Waals surface area contributed by atoms with Crippen molar-refractivity contribution < 1.29 is 13.2 Å². The average molecular weight is 448 g/mol. The van der Waals surface area contributed by atoms with Gasteiger partial charge in [0, 0.05) is 47.9 Å². The van der Waals surface area contributed by atoms with E-state index in [1.54, 1.807) is 12.3 Å². The largest absolute Gasteiger partial charge is 0.351 e. The number of hydrogen-bond acceptors (Lipinski definition) is 4. The number of nitrogens with one attached hydrogen (secondary N) is 1. The van der Waals surface area contributed by atoms with Gasteiger partial charge < -0.3 is 5.32 Å². The minimum atomic E-state index is -3.20. The molecule has 30 heavy (non-hydrogen) atoms. The molecule has 0 spiro atoms. The lowest BCUT2D eigenvalue weighted by Crippen LogP contribution is -2.38.